The van der Waals surface area contributed by atoms with Gasteiger partial charge in [-0.3, -0.25) is 0 Å². The zero-order valence-corrected chi connectivity index (χ0v) is 11.2. The Labute approximate surface area is 109 Å². The van der Waals surface area contributed by atoms with E-state index >= 15 is 0 Å². The molecule has 2 bridgehead atoms. The van der Waals surface area contributed by atoms with E-state index < -0.39 is 0 Å². The predicted octanol–water partition coefficient (Wildman–Crippen LogP) is 3.79. The summed E-state index contributed by atoms with van der Waals surface area (Å²) in [5, 5.41) is 0. The first kappa shape index (κ1) is 11.3. The standard InChI is InChI=1S/C14H15BrO2/c15-12-5-3-10(4-6-12)14(16)17-13-8-9-1-2-11(13)7-9/h3-6,9,11,13H,1-2,7-8H2. The number of fused-ring (bicyclic) bond motifs is 2. The van der Waals surface area contributed by atoms with Gasteiger partial charge in [0.1, 0.15) is 6.10 Å². The Bertz CT molecular complexity index is 426. The molecule has 0 heterocycles. The van der Waals surface area contributed by atoms with Gasteiger partial charge >= 0.3 is 5.97 Å². The van der Waals surface area contributed by atoms with Crippen LogP contribution in [0.5, 0.6) is 0 Å². The molecule has 90 valence electrons. The van der Waals surface area contributed by atoms with Gasteiger partial charge in [0, 0.05) is 4.47 Å². The molecule has 0 spiro atoms. The fraction of sp³-hybridized carbons (Fsp3) is 0.500. The second-order valence-electron chi connectivity index (χ2n) is 5.13. The van der Waals surface area contributed by atoms with Crippen molar-refractivity contribution < 1.29 is 9.53 Å². The molecule has 3 heteroatoms. The predicted molar refractivity (Wildman–Crippen MR) is 68.8 cm³/mol. The Kier molecular flexibility index (Phi) is 2.95. The lowest BCUT2D eigenvalue weighted by molar-refractivity contribution is 0.0158. The van der Waals surface area contributed by atoms with Gasteiger partial charge in [-0.05, 0) is 61.8 Å². The van der Waals surface area contributed by atoms with E-state index in [9.17, 15) is 4.79 Å². The molecule has 0 radical (unpaired) electrons. The van der Waals surface area contributed by atoms with Crippen LogP contribution in [0.25, 0.3) is 0 Å². The van der Waals surface area contributed by atoms with Crippen molar-refractivity contribution in [3.8, 4) is 0 Å². The summed E-state index contributed by atoms with van der Waals surface area (Å²) in [4.78, 5) is 12.0. The molecule has 0 aliphatic heterocycles. The molecule has 0 N–H and O–H groups in total. The number of ether oxygens (including phenoxy) is 1. The summed E-state index contributed by atoms with van der Waals surface area (Å²) in [6.07, 6.45) is 5.08. The molecule has 3 rings (SSSR count). The summed E-state index contributed by atoms with van der Waals surface area (Å²) >= 11 is 3.36. The summed E-state index contributed by atoms with van der Waals surface area (Å²) in [7, 11) is 0. The maximum absolute atomic E-state index is 12.0. The van der Waals surface area contributed by atoms with Crippen LogP contribution in [0.4, 0.5) is 0 Å². The molecule has 0 saturated heterocycles. The molecule has 0 aromatic heterocycles. The molecular weight excluding hydrogens is 280 g/mol. The Morgan fingerprint density at radius 1 is 1.18 bits per heavy atom. The fourth-order valence-corrected chi connectivity index (χ4v) is 3.39. The summed E-state index contributed by atoms with van der Waals surface area (Å²) in [5.74, 6) is 1.26. The van der Waals surface area contributed by atoms with Gasteiger partial charge in [-0.15, -0.1) is 0 Å². The van der Waals surface area contributed by atoms with Crippen LogP contribution in [0.2, 0.25) is 0 Å². The molecule has 2 aliphatic rings. The number of carbonyl (C=O) groups excluding carboxylic acids is 1. The average Bonchev–Trinajstić information content (AvgIpc) is 2.91. The van der Waals surface area contributed by atoms with Crippen LogP contribution < -0.4 is 0 Å². The molecule has 1 aromatic carbocycles. The average molecular weight is 295 g/mol. The van der Waals surface area contributed by atoms with Crippen LogP contribution in [-0.2, 0) is 4.74 Å². The quantitative estimate of drug-likeness (QED) is 0.776. The lowest BCUT2D eigenvalue weighted by Gasteiger charge is -2.21. The van der Waals surface area contributed by atoms with Crippen molar-refractivity contribution in [2.24, 2.45) is 11.8 Å². The lowest BCUT2D eigenvalue weighted by atomic mass is 9.98. The number of carbonyl (C=O) groups is 1. The second-order valence-corrected chi connectivity index (χ2v) is 6.04. The fourth-order valence-electron chi connectivity index (χ4n) is 3.12. The highest BCUT2D eigenvalue weighted by molar-refractivity contribution is 9.10. The van der Waals surface area contributed by atoms with E-state index in [1.807, 2.05) is 12.1 Å². The minimum absolute atomic E-state index is 0.171. The monoisotopic (exact) mass is 294 g/mol. The molecule has 2 nitrogen and oxygen atoms in total. The largest absolute Gasteiger partial charge is 0.458 e. The normalized spacial score (nSPS) is 30.5. The van der Waals surface area contributed by atoms with Crippen molar-refractivity contribution in [1.29, 1.82) is 0 Å². The van der Waals surface area contributed by atoms with Crippen molar-refractivity contribution in [2.45, 2.75) is 31.8 Å². The topological polar surface area (TPSA) is 26.3 Å². The van der Waals surface area contributed by atoms with Crippen molar-refractivity contribution in [1.82, 2.24) is 0 Å². The van der Waals surface area contributed by atoms with Crippen LogP contribution in [0, 0.1) is 11.8 Å². The maximum Gasteiger partial charge on any atom is 0.338 e. The number of halogens is 1. The summed E-state index contributed by atoms with van der Waals surface area (Å²) in [5.41, 5.74) is 0.649. The summed E-state index contributed by atoms with van der Waals surface area (Å²) in [6.45, 7) is 0. The van der Waals surface area contributed by atoms with Crippen LogP contribution in [0.1, 0.15) is 36.0 Å². The van der Waals surface area contributed by atoms with Gasteiger partial charge < -0.3 is 4.74 Å². The van der Waals surface area contributed by atoms with Gasteiger partial charge in [-0.2, -0.15) is 0 Å². The smallest absolute Gasteiger partial charge is 0.338 e. The number of hydrogen-bond donors (Lipinski definition) is 0. The van der Waals surface area contributed by atoms with Crippen molar-refractivity contribution >= 4 is 21.9 Å². The Morgan fingerprint density at radius 2 is 1.94 bits per heavy atom. The van der Waals surface area contributed by atoms with E-state index in [1.54, 1.807) is 12.1 Å². The third-order valence-electron chi connectivity index (χ3n) is 4.01. The van der Waals surface area contributed by atoms with Gasteiger partial charge in [-0.1, -0.05) is 15.9 Å². The third-order valence-corrected chi connectivity index (χ3v) is 4.54. The van der Waals surface area contributed by atoms with Gasteiger partial charge in [-0.25, -0.2) is 4.79 Å². The van der Waals surface area contributed by atoms with E-state index in [0.29, 0.717) is 11.5 Å². The van der Waals surface area contributed by atoms with E-state index in [-0.39, 0.29) is 12.1 Å². The molecule has 2 aliphatic carbocycles. The van der Waals surface area contributed by atoms with Crippen LogP contribution in [-0.4, -0.2) is 12.1 Å². The Balaban J connectivity index is 1.65. The molecule has 3 unspecified atom stereocenters. The number of benzene rings is 1. The maximum atomic E-state index is 12.0. The van der Waals surface area contributed by atoms with E-state index in [0.717, 1.165) is 16.8 Å². The minimum Gasteiger partial charge on any atom is -0.458 e. The van der Waals surface area contributed by atoms with E-state index in [2.05, 4.69) is 15.9 Å². The van der Waals surface area contributed by atoms with Crippen LogP contribution >= 0.6 is 15.9 Å². The molecule has 1 aromatic rings. The van der Waals surface area contributed by atoms with Gasteiger partial charge in [0.25, 0.3) is 0 Å². The SMILES string of the molecule is O=C(OC1CC2CCC1C2)c1ccc(Br)cc1. The summed E-state index contributed by atoms with van der Waals surface area (Å²) < 4.78 is 6.60. The first-order valence-corrected chi connectivity index (χ1v) is 6.98. The number of hydrogen-bond acceptors (Lipinski definition) is 2. The molecule has 2 fully saturated rings. The number of esters is 1. The zero-order valence-electron chi connectivity index (χ0n) is 9.56. The van der Waals surface area contributed by atoms with E-state index in [1.165, 1.54) is 19.3 Å². The van der Waals surface area contributed by atoms with Crippen molar-refractivity contribution in [3.05, 3.63) is 34.3 Å². The highest BCUT2D eigenvalue weighted by Crippen LogP contribution is 2.46. The first-order valence-electron chi connectivity index (χ1n) is 6.19. The van der Waals surface area contributed by atoms with Gasteiger partial charge in [0.05, 0.1) is 5.56 Å². The van der Waals surface area contributed by atoms with Crippen LogP contribution in [0.3, 0.4) is 0 Å². The van der Waals surface area contributed by atoms with Crippen molar-refractivity contribution in [2.75, 3.05) is 0 Å². The van der Waals surface area contributed by atoms with Gasteiger partial charge in [0.15, 0.2) is 0 Å². The van der Waals surface area contributed by atoms with Crippen LogP contribution in [0.15, 0.2) is 28.7 Å². The molecular formula is C14H15BrO2. The highest BCUT2D eigenvalue weighted by Gasteiger charge is 2.41. The third kappa shape index (κ3) is 2.25. The molecule has 2 saturated carbocycles. The molecule has 17 heavy (non-hydrogen) atoms. The molecule has 0 amide bonds. The van der Waals surface area contributed by atoms with E-state index in [4.69, 9.17) is 4.74 Å². The minimum atomic E-state index is -0.171. The second kappa shape index (κ2) is 4.45. The lowest BCUT2D eigenvalue weighted by Crippen LogP contribution is -2.24. The zero-order chi connectivity index (χ0) is 11.8. The first-order chi connectivity index (χ1) is 8.22. The number of rotatable bonds is 2. The highest BCUT2D eigenvalue weighted by atomic mass is 79.9. The van der Waals surface area contributed by atoms with Gasteiger partial charge in [0.2, 0.25) is 0 Å². The van der Waals surface area contributed by atoms with Crippen molar-refractivity contribution in [3.63, 3.8) is 0 Å². The Morgan fingerprint density at radius 3 is 2.53 bits per heavy atom. The molecule has 3 atom stereocenters. The summed E-state index contributed by atoms with van der Waals surface area (Å²) in [6, 6.07) is 7.36. The Hall–Kier alpha value is -0.830.